The fourth-order valence-electron chi connectivity index (χ4n) is 5.39. The maximum atomic E-state index is 6.29. The van der Waals surface area contributed by atoms with E-state index in [1.165, 1.54) is 0 Å². The summed E-state index contributed by atoms with van der Waals surface area (Å²) < 4.78 is 14.5. The average molecular weight is 909 g/mol. The predicted molar refractivity (Wildman–Crippen MR) is 181 cm³/mol. The Bertz CT molecular complexity index is 2210. The zero-order chi connectivity index (χ0) is 31.6. The van der Waals surface area contributed by atoms with E-state index in [1.807, 2.05) is 114 Å². The van der Waals surface area contributed by atoms with Crippen molar-refractivity contribution in [2.45, 2.75) is 13.3 Å². The summed E-state index contributed by atoms with van der Waals surface area (Å²) in [5, 5.41) is 1.90. The van der Waals surface area contributed by atoms with Gasteiger partial charge in [0, 0.05) is 47.8 Å². The number of hydrogen-bond acceptors (Lipinski definition) is 6. The molecule has 0 aliphatic rings. The van der Waals surface area contributed by atoms with Crippen molar-refractivity contribution in [1.29, 1.82) is 0 Å². The molecule has 0 bridgehead atoms. The number of aromatic nitrogens is 5. The third kappa shape index (κ3) is 7.09. The second kappa shape index (κ2) is 15.1. The molecule has 4 heterocycles. The zero-order valence-electron chi connectivity index (χ0n) is 25.9. The summed E-state index contributed by atoms with van der Waals surface area (Å²) in [6, 6.07) is 44.5. The largest absolute Gasteiger partial charge is 2.00 e. The first-order valence-electron chi connectivity index (χ1n) is 15.2. The van der Waals surface area contributed by atoms with E-state index in [0.717, 1.165) is 56.3 Å². The molecule has 0 spiro atoms. The van der Waals surface area contributed by atoms with Gasteiger partial charge in [0.15, 0.2) is 0 Å². The van der Waals surface area contributed by atoms with E-state index in [-0.39, 0.29) is 41.5 Å². The fraction of sp³-hybridized carbons (Fsp3) is 0.0500. The number of fused-ring (bicyclic) bond motifs is 3. The number of ether oxygens (including phenoxy) is 2. The van der Waals surface area contributed by atoms with Gasteiger partial charge in [0.05, 0.1) is 0 Å². The maximum Gasteiger partial charge on any atom is 2.00 e. The molecule has 7 nitrogen and oxygen atoms in total. The molecule has 4 aromatic carbocycles. The van der Waals surface area contributed by atoms with Crippen molar-refractivity contribution in [2.24, 2.45) is 0 Å². The average Bonchev–Trinajstić information content (AvgIpc) is 3.45. The number of benzene rings is 4. The Kier molecular flexibility index (Phi) is 10.4. The van der Waals surface area contributed by atoms with Gasteiger partial charge in [-0.2, -0.15) is 22.9 Å². The van der Waals surface area contributed by atoms with Gasteiger partial charge in [-0.15, -0.1) is 71.8 Å². The van der Waals surface area contributed by atoms with Crippen molar-refractivity contribution >= 4 is 21.8 Å². The minimum Gasteiger partial charge on any atom is -0.503 e. The molecule has 9 heteroatoms. The van der Waals surface area contributed by atoms with Crippen molar-refractivity contribution in [3.8, 4) is 51.5 Å². The molecule has 0 unspecified atom stereocenters. The molecule has 0 fully saturated rings. The summed E-state index contributed by atoms with van der Waals surface area (Å²) in [6.45, 7) is 2.08. The molecule has 0 N–H and O–H groups in total. The number of nitrogens with zero attached hydrogens (tertiary/aromatic N) is 5. The summed E-state index contributed by atoms with van der Waals surface area (Å²) in [7, 11) is 0. The Balaban J connectivity index is 0.00000208. The van der Waals surface area contributed by atoms with Gasteiger partial charge in [0.1, 0.15) is 0 Å². The first kappa shape index (κ1) is 33.9. The molecular formula is C40H25N5O2PdPt. The third-order valence-corrected chi connectivity index (χ3v) is 7.69. The van der Waals surface area contributed by atoms with Crippen LogP contribution in [0.1, 0.15) is 12.5 Å². The minimum atomic E-state index is 0. The van der Waals surface area contributed by atoms with E-state index in [0.29, 0.717) is 28.9 Å². The Morgan fingerprint density at radius 1 is 0.551 bits per heavy atom. The standard InChI is InChI=1S/C40H25N5O2.Pd.Pt/c1-2-27-25-43-40(44-26-27)45-38-23-32(46-30-11-7-9-28(21-30)36-13-3-5-19-41-36)15-17-34(38)35-18-16-33(24-39(35)45)47-31-12-8-10-29(22-31)37-14-4-6-20-42-37;;/h3-20,25-26H,2H2,1H3;;/q-4;2*+2. The zero-order valence-corrected chi connectivity index (χ0v) is 29.8. The quantitative estimate of drug-likeness (QED) is 0.112. The van der Waals surface area contributed by atoms with E-state index < -0.39 is 0 Å². The Morgan fingerprint density at radius 3 is 1.49 bits per heavy atom. The van der Waals surface area contributed by atoms with Gasteiger partial charge in [-0.3, -0.25) is 0 Å². The van der Waals surface area contributed by atoms with E-state index in [9.17, 15) is 0 Å². The Morgan fingerprint density at radius 2 is 1.04 bits per heavy atom. The summed E-state index contributed by atoms with van der Waals surface area (Å²) >= 11 is 0. The van der Waals surface area contributed by atoms with E-state index in [4.69, 9.17) is 19.4 Å². The van der Waals surface area contributed by atoms with Gasteiger partial charge in [0.25, 0.3) is 0 Å². The van der Waals surface area contributed by atoms with Crippen LogP contribution in [-0.4, -0.2) is 24.5 Å². The molecule has 0 radical (unpaired) electrons. The van der Waals surface area contributed by atoms with Crippen molar-refractivity contribution in [3.05, 3.63) is 152 Å². The minimum absolute atomic E-state index is 0. The fourth-order valence-corrected chi connectivity index (χ4v) is 5.39. The first-order valence-corrected chi connectivity index (χ1v) is 15.2. The Hall–Kier alpha value is -4.99. The normalized spacial score (nSPS) is 10.7. The van der Waals surface area contributed by atoms with E-state index in [2.05, 4.69) is 41.2 Å². The SMILES string of the molecule is CCc1cnc(-n2c3[c-]c(Oc4[c-]c(-c5ccccn5)ccc4)ccc3c3ccc(Oc4[c-]c(-c5ccccn5)ccc4)[c-]c32)nc1.[Pd+2].[Pt+2]. The third-order valence-electron chi connectivity index (χ3n) is 7.69. The summed E-state index contributed by atoms with van der Waals surface area (Å²) in [6.07, 6.45) is 8.05. The number of pyridine rings is 2. The molecule has 0 saturated heterocycles. The molecule has 0 aliphatic carbocycles. The predicted octanol–water partition coefficient (Wildman–Crippen LogP) is 9.04. The smallest absolute Gasteiger partial charge is 0.503 e. The van der Waals surface area contributed by atoms with Gasteiger partial charge in [-0.1, -0.05) is 54.4 Å². The molecule has 49 heavy (non-hydrogen) atoms. The van der Waals surface area contributed by atoms with E-state index in [1.54, 1.807) is 12.4 Å². The van der Waals surface area contributed by atoms with Crippen LogP contribution >= 0.6 is 0 Å². The van der Waals surface area contributed by atoms with Crippen LogP contribution in [0.3, 0.4) is 0 Å². The molecule has 0 amide bonds. The summed E-state index contributed by atoms with van der Waals surface area (Å²) in [5.74, 6) is 2.66. The van der Waals surface area contributed by atoms with Crippen LogP contribution in [0.4, 0.5) is 0 Å². The number of aryl methyl sites for hydroxylation is 1. The summed E-state index contributed by atoms with van der Waals surface area (Å²) in [4.78, 5) is 18.3. The molecular weight excluding hydrogens is 884 g/mol. The molecule has 8 aromatic rings. The maximum absolute atomic E-state index is 6.29. The second-order valence-electron chi connectivity index (χ2n) is 10.7. The van der Waals surface area contributed by atoms with Crippen molar-refractivity contribution < 1.29 is 51.0 Å². The van der Waals surface area contributed by atoms with Crippen LogP contribution in [0.25, 0.3) is 50.3 Å². The van der Waals surface area contributed by atoms with Crippen LogP contribution in [0.2, 0.25) is 0 Å². The second-order valence-corrected chi connectivity index (χ2v) is 10.7. The molecule has 0 atom stereocenters. The first-order chi connectivity index (χ1) is 23.2. The van der Waals surface area contributed by atoms with Gasteiger partial charge >= 0.3 is 41.5 Å². The van der Waals surface area contributed by atoms with Gasteiger partial charge in [-0.25, -0.2) is 9.97 Å². The van der Waals surface area contributed by atoms with Gasteiger partial charge in [0.2, 0.25) is 5.95 Å². The topological polar surface area (TPSA) is 75.0 Å². The Labute approximate surface area is 312 Å². The van der Waals surface area contributed by atoms with E-state index >= 15 is 0 Å². The van der Waals surface area contributed by atoms with Crippen molar-refractivity contribution in [2.75, 3.05) is 0 Å². The van der Waals surface area contributed by atoms with Gasteiger partial charge in [-0.05, 0) is 35.5 Å². The number of hydrogen-bond donors (Lipinski definition) is 0. The van der Waals surface area contributed by atoms with Gasteiger partial charge < -0.3 is 24.0 Å². The molecule has 0 saturated carbocycles. The van der Waals surface area contributed by atoms with Crippen molar-refractivity contribution in [1.82, 2.24) is 24.5 Å². The van der Waals surface area contributed by atoms with Crippen LogP contribution in [0.5, 0.6) is 23.0 Å². The molecule has 8 rings (SSSR count). The summed E-state index contributed by atoms with van der Waals surface area (Å²) in [5.41, 5.74) is 5.86. The van der Waals surface area contributed by atoms with Crippen LogP contribution < -0.4 is 9.47 Å². The van der Waals surface area contributed by atoms with Crippen LogP contribution in [-0.2, 0) is 47.9 Å². The van der Waals surface area contributed by atoms with Crippen LogP contribution in [0, 0.1) is 24.3 Å². The van der Waals surface area contributed by atoms with Crippen molar-refractivity contribution in [3.63, 3.8) is 0 Å². The number of rotatable bonds is 8. The molecule has 0 aliphatic heterocycles. The molecule has 4 aromatic heterocycles. The van der Waals surface area contributed by atoms with Crippen LogP contribution in [0.15, 0.2) is 122 Å². The monoisotopic (exact) mass is 908 g/mol. The molecule has 242 valence electrons.